The van der Waals surface area contributed by atoms with Crippen molar-refractivity contribution in [3.05, 3.63) is 53.3 Å². The summed E-state index contributed by atoms with van der Waals surface area (Å²) in [6.45, 7) is 3.75. The zero-order valence-electron chi connectivity index (χ0n) is 18.5. The molecule has 6 heteroatoms. The van der Waals surface area contributed by atoms with Crippen LogP contribution in [0.3, 0.4) is 0 Å². The first-order chi connectivity index (χ1) is 14.8. The fourth-order valence-corrected chi connectivity index (χ4v) is 5.46. The number of nitrogens with zero attached hydrogens (tertiary/aromatic N) is 1. The monoisotopic (exact) mass is 430 g/mol. The van der Waals surface area contributed by atoms with Gasteiger partial charge in [-0.2, -0.15) is 8.78 Å². The fourth-order valence-electron chi connectivity index (χ4n) is 5.46. The zero-order chi connectivity index (χ0) is 22.2. The number of halogens is 2. The van der Waals surface area contributed by atoms with Crippen LogP contribution in [0.25, 0.3) is 0 Å². The molecule has 3 atom stereocenters. The Morgan fingerprint density at radius 2 is 2.13 bits per heavy atom. The van der Waals surface area contributed by atoms with Gasteiger partial charge in [-0.25, -0.2) is 0 Å². The molecule has 3 aliphatic rings. The lowest BCUT2D eigenvalue weighted by Crippen LogP contribution is -2.45. The van der Waals surface area contributed by atoms with Crippen molar-refractivity contribution in [2.24, 2.45) is 5.92 Å². The predicted octanol–water partition coefficient (Wildman–Crippen LogP) is 6.27. The molecule has 0 radical (unpaired) electrons. The number of benzene rings is 1. The van der Waals surface area contributed by atoms with Crippen LogP contribution in [0, 0.1) is 5.92 Å². The molecule has 1 aliphatic heterocycles. The number of hydrogen-bond donors (Lipinski definition) is 1. The number of carbonyl (C=O) groups is 1. The molecule has 0 bridgehead atoms. The minimum absolute atomic E-state index is 0.0332. The predicted molar refractivity (Wildman–Crippen MR) is 118 cm³/mol. The molecule has 4 nitrogen and oxygen atoms in total. The van der Waals surface area contributed by atoms with Crippen LogP contribution < -0.4 is 5.32 Å². The van der Waals surface area contributed by atoms with Crippen molar-refractivity contribution in [3.63, 3.8) is 0 Å². The number of fused-ring (bicyclic) bond motifs is 2. The van der Waals surface area contributed by atoms with Gasteiger partial charge in [0.2, 0.25) is 5.91 Å². The molecule has 0 spiro atoms. The van der Waals surface area contributed by atoms with E-state index in [1.165, 1.54) is 11.1 Å². The molecule has 2 unspecified atom stereocenters. The van der Waals surface area contributed by atoms with Crippen molar-refractivity contribution in [1.82, 2.24) is 5.06 Å². The van der Waals surface area contributed by atoms with Crippen LogP contribution in [0.4, 0.5) is 14.5 Å². The van der Waals surface area contributed by atoms with Gasteiger partial charge in [0.25, 0.3) is 0 Å². The van der Waals surface area contributed by atoms with Gasteiger partial charge in [-0.05, 0) is 66.7 Å². The van der Waals surface area contributed by atoms with E-state index in [-0.39, 0.29) is 11.3 Å². The number of carbonyl (C=O) groups excluding carboxylic acids is 1. The maximum Gasteiger partial charge on any atom is 0.325 e. The highest BCUT2D eigenvalue weighted by Crippen LogP contribution is 2.50. The van der Waals surface area contributed by atoms with Crippen molar-refractivity contribution < 1.29 is 18.4 Å². The number of hydroxylamine groups is 2. The highest BCUT2D eigenvalue weighted by atomic mass is 19.3. The molecule has 1 N–H and O–H groups in total. The van der Waals surface area contributed by atoms with Crippen LogP contribution in [0.15, 0.2) is 42.2 Å². The molecule has 2 aliphatic carbocycles. The van der Waals surface area contributed by atoms with Crippen molar-refractivity contribution in [3.8, 4) is 0 Å². The van der Waals surface area contributed by atoms with Gasteiger partial charge in [0, 0.05) is 11.6 Å². The lowest BCUT2D eigenvalue weighted by molar-refractivity contribution is -0.247. The van der Waals surface area contributed by atoms with E-state index in [1.54, 1.807) is 6.08 Å². The Labute approximate surface area is 183 Å². The smallest absolute Gasteiger partial charge is 0.325 e. The number of anilines is 1. The number of alkyl halides is 2. The van der Waals surface area contributed by atoms with E-state index in [0.29, 0.717) is 29.6 Å². The SMILES string of the molecule is CCC[C@@H]1CC(C)(C)c2cccc(NC(=O)C3CCC4CC=CC=C4ON3C(F)F)c21. The molecule has 1 aromatic rings. The van der Waals surface area contributed by atoms with Gasteiger partial charge in [0.15, 0.2) is 0 Å². The van der Waals surface area contributed by atoms with E-state index in [9.17, 15) is 13.6 Å². The van der Waals surface area contributed by atoms with E-state index < -0.39 is 18.5 Å². The largest absolute Gasteiger partial charge is 0.404 e. The van der Waals surface area contributed by atoms with Crippen LogP contribution in [-0.4, -0.2) is 23.6 Å². The number of allylic oxidation sites excluding steroid dienone is 4. The number of amides is 1. The molecule has 31 heavy (non-hydrogen) atoms. The van der Waals surface area contributed by atoms with Crippen LogP contribution in [0.1, 0.15) is 76.3 Å². The van der Waals surface area contributed by atoms with Crippen molar-refractivity contribution in [2.75, 3.05) is 5.32 Å². The third-order valence-electron chi connectivity index (χ3n) is 6.92. The molecule has 1 aromatic carbocycles. The molecule has 1 fully saturated rings. The summed E-state index contributed by atoms with van der Waals surface area (Å²) in [5, 5.41) is 3.58. The Balaban J connectivity index is 1.60. The van der Waals surface area contributed by atoms with Crippen LogP contribution >= 0.6 is 0 Å². The van der Waals surface area contributed by atoms with Crippen LogP contribution in [0.2, 0.25) is 0 Å². The van der Waals surface area contributed by atoms with Crippen molar-refractivity contribution in [1.29, 1.82) is 0 Å². The summed E-state index contributed by atoms with van der Waals surface area (Å²) >= 11 is 0. The van der Waals surface area contributed by atoms with E-state index in [2.05, 4.69) is 32.2 Å². The lowest BCUT2D eigenvalue weighted by Gasteiger charge is -2.28. The zero-order valence-corrected chi connectivity index (χ0v) is 18.5. The standard InChI is InChI=1S/C25H32F2N2O2/c1-4-8-17-15-25(2,3)18-10-7-11-19(22(17)18)28-23(30)20-14-13-16-9-5-6-12-21(16)31-29(20)24(26)27/h5-7,10-12,16-17,20,24H,4,8-9,13-15H2,1-3H3,(H,28,30)/t16?,17-,20?/m1/s1. The molecule has 1 amide bonds. The van der Waals surface area contributed by atoms with Crippen LogP contribution in [0.5, 0.6) is 0 Å². The van der Waals surface area contributed by atoms with E-state index in [4.69, 9.17) is 4.84 Å². The lowest BCUT2D eigenvalue weighted by atomic mass is 9.85. The number of hydrogen-bond acceptors (Lipinski definition) is 3. The first-order valence-corrected chi connectivity index (χ1v) is 11.4. The summed E-state index contributed by atoms with van der Waals surface area (Å²) < 4.78 is 27.7. The summed E-state index contributed by atoms with van der Waals surface area (Å²) in [7, 11) is 0. The molecule has 168 valence electrons. The Morgan fingerprint density at radius 3 is 2.87 bits per heavy atom. The second kappa shape index (κ2) is 8.73. The van der Waals surface area contributed by atoms with Gasteiger partial charge < -0.3 is 10.2 Å². The number of rotatable bonds is 5. The minimum atomic E-state index is -2.88. The molecular formula is C25H32F2N2O2. The van der Waals surface area contributed by atoms with Crippen molar-refractivity contribution >= 4 is 11.6 Å². The van der Waals surface area contributed by atoms with Crippen molar-refractivity contribution in [2.45, 2.75) is 83.2 Å². The average Bonchev–Trinajstić information content (AvgIpc) is 2.88. The first kappa shape index (κ1) is 22.0. The van der Waals surface area contributed by atoms with E-state index in [0.717, 1.165) is 31.4 Å². The second-order valence-electron chi connectivity index (χ2n) is 9.58. The molecule has 0 aromatic heterocycles. The molecule has 1 heterocycles. The van der Waals surface area contributed by atoms with Gasteiger partial charge in [-0.3, -0.25) is 4.79 Å². The first-order valence-electron chi connectivity index (χ1n) is 11.4. The van der Waals surface area contributed by atoms with Crippen LogP contribution in [-0.2, 0) is 15.0 Å². The topological polar surface area (TPSA) is 41.6 Å². The highest BCUT2D eigenvalue weighted by molar-refractivity contribution is 5.96. The normalized spacial score (nSPS) is 27.2. The summed E-state index contributed by atoms with van der Waals surface area (Å²) in [5.74, 6) is 0.492. The maximum absolute atomic E-state index is 13.9. The van der Waals surface area contributed by atoms with Gasteiger partial charge >= 0.3 is 6.55 Å². The summed E-state index contributed by atoms with van der Waals surface area (Å²) in [5.41, 5.74) is 3.20. The Morgan fingerprint density at radius 1 is 1.32 bits per heavy atom. The van der Waals surface area contributed by atoms with Gasteiger partial charge in [-0.15, -0.1) is 0 Å². The molecule has 0 saturated carbocycles. The van der Waals surface area contributed by atoms with E-state index >= 15 is 0 Å². The number of nitrogens with one attached hydrogen (secondary N) is 1. The molecular weight excluding hydrogens is 398 g/mol. The summed E-state index contributed by atoms with van der Waals surface area (Å²) in [6.07, 6.45) is 10.4. The fraction of sp³-hybridized carbons (Fsp3) is 0.560. The Kier molecular flexibility index (Phi) is 6.20. The summed E-state index contributed by atoms with van der Waals surface area (Å²) in [6, 6.07) is 4.94. The maximum atomic E-state index is 13.9. The quantitative estimate of drug-likeness (QED) is 0.560. The molecule has 4 rings (SSSR count). The molecule has 1 saturated heterocycles. The average molecular weight is 431 g/mol. The third kappa shape index (κ3) is 4.27. The second-order valence-corrected chi connectivity index (χ2v) is 9.58. The minimum Gasteiger partial charge on any atom is -0.404 e. The third-order valence-corrected chi connectivity index (χ3v) is 6.92. The highest BCUT2D eigenvalue weighted by Gasteiger charge is 2.41. The Bertz CT molecular complexity index is 894. The summed E-state index contributed by atoms with van der Waals surface area (Å²) in [4.78, 5) is 18.8. The van der Waals surface area contributed by atoms with Gasteiger partial charge in [0.1, 0.15) is 11.8 Å². The Hall–Kier alpha value is -2.21. The van der Waals surface area contributed by atoms with Gasteiger partial charge in [0.05, 0.1) is 0 Å². The van der Waals surface area contributed by atoms with E-state index in [1.807, 2.05) is 24.3 Å². The van der Waals surface area contributed by atoms with Gasteiger partial charge in [-0.1, -0.05) is 56.5 Å².